The summed E-state index contributed by atoms with van der Waals surface area (Å²) >= 11 is 0. The molecule has 3 rings (SSSR count). The van der Waals surface area contributed by atoms with E-state index in [0.29, 0.717) is 22.6 Å². The maximum absolute atomic E-state index is 12.8. The normalized spacial score (nSPS) is 14.7. The van der Waals surface area contributed by atoms with E-state index in [1.807, 2.05) is 11.0 Å². The minimum Gasteiger partial charge on any atom is -0.465 e. The van der Waals surface area contributed by atoms with Crippen molar-refractivity contribution in [3.63, 3.8) is 0 Å². The number of carbonyl (C=O) groups is 2. The summed E-state index contributed by atoms with van der Waals surface area (Å²) in [5.74, 6) is 0.163. The summed E-state index contributed by atoms with van der Waals surface area (Å²) in [5.41, 5.74) is 1.75. The SMILES string of the molecule is CCN1CCN(C(=O)c2ccnc(Nc3cccc(C(=O)OC)c3)c2)CC1. The van der Waals surface area contributed by atoms with Crippen LogP contribution < -0.4 is 5.32 Å². The number of benzene rings is 1. The van der Waals surface area contributed by atoms with Crippen molar-refractivity contribution in [2.75, 3.05) is 45.2 Å². The highest BCUT2D eigenvalue weighted by Crippen LogP contribution is 2.18. The van der Waals surface area contributed by atoms with E-state index in [1.54, 1.807) is 36.5 Å². The van der Waals surface area contributed by atoms with Gasteiger partial charge >= 0.3 is 5.97 Å². The second-order valence-corrected chi connectivity index (χ2v) is 6.35. The molecule has 2 heterocycles. The molecule has 0 spiro atoms. The van der Waals surface area contributed by atoms with Gasteiger partial charge in [-0.3, -0.25) is 4.79 Å². The zero-order valence-corrected chi connectivity index (χ0v) is 15.6. The molecule has 1 aromatic carbocycles. The number of ether oxygens (including phenoxy) is 1. The molecular weight excluding hydrogens is 344 g/mol. The van der Waals surface area contributed by atoms with Crippen LogP contribution in [0.2, 0.25) is 0 Å². The van der Waals surface area contributed by atoms with E-state index in [1.165, 1.54) is 7.11 Å². The minimum atomic E-state index is -0.401. The van der Waals surface area contributed by atoms with Crippen molar-refractivity contribution < 1.29 is 14.3 Å². The van der Waals surface area contributed by atoms with Gasteiger partial charge in [0.15, 0.2) is 0 Å². The number of piperazine rings is 1. The van der Waals surface area contributed by atoms with Gasteiger partial charge in [0.05, 0.1) is 12.7 Å². The second-order valence-electron chi connectivity index (χ2n) is 6.35. The summed E-state index contributed by atoms with van der Waals surface area (Å²) in [7, 11) is 1.35. The fourth-order valence-corrected chi connectivity index (χ4v) is 3.07. The summed E-state index contributed by atoms with van der Waals surface area (Å²) in [6.45, 7) is 6.42. The molecule has 142 valence electrons. The Hall–Kier alpha value is -2.93. The number of amides is 1. The number of likely N-dealkylation sites (N-methyl/N-ethyl adjacent to an activating group) is 1. The maximum Gasteiger partial charge on any atom is 0.337 e. The first-order chi connectivity index (χ1) is 13.1. The molecule has 1 fully saturated rings. The van der Waals surface area contributed by atoms with Crippen LogP contribution in [0.1, 0.15) is 27.6 Å². The van der Waals surface area contributed by atoms with E-state index in [-0.39, 0.29) is 5.91 Å². The molecule has 27 heavy (non-hydrogen) atoms. The minimum absolute atomic E-state index is 0.0134. The summed E-state index contributed by atoms with van der Waals surface area (Å²) in [6.07, 6.45) is 1.61. The van der Waals surface area contributed by atoms with Gasteiger partial charge in [0.1, 0.15) is 5.82 Å². The number of rotatable bonds is 5. The van der Waals surface area contributed by atoms with Crippen LogP contribution in [0.25, 0.3) is 0 Å². The van der Waals surface area contributed by atoms with Crippen molar-refractivity contribution in [1.82, 2.24) is 14.8 Å². The van der Waals surface area contributed by atoms with Crippen LogP contribution in [0.15, 0.2) is 42.6 Å². The van der Waals surface area contributed by atoms with Crippen molar-refractivity contribution in [3.8, 4) is 0 Å². The Morgan fingerprint density at radius 2 is 1.89 bits per heavy atom. The van der Waals surface area contributed by atoms with E-state index in [9.17, 15) is 9.59 Å². The molecule has 0 saturated carbocycles. The second kappa shape index (κ2) is 8.64. The highest BCUT2D eigenvalue weighted by Gasteiger charge is 2.21. The Morgan fingerprint density at radius 1 is 1.11 bits per heavy atom. The van der Waals surface area contributed by atoms with E-state index in [4.69, 9.17) is 4.74 Å². The number of hydrogen-bond donors (Lipinski definition) is 1. The number of aromatic nitrogens is 1. The number of nitrogens with zero attached hydrogens (tertiary/aromatic N) is 3. The molecule has 0 unspecified atom stereocenters. The lowest BCUT2D eigenvalue weighted by molar-refractivity contribution is 0.0599. The first kappa shape index (κ1) is 18.8. The van der Waals surface area contributed by atoms with Crippen LogP contribution in [-0.4, -0.2) is 66.5 Å². The quantitative estimate of drug-likeness (QED) is 0.817. The van der Waals surface area contributed by atoms with E-state index >= 15 is 0 Å². The van der Waals surface area contributed by atoms with Crippen LogP contribution >= 0.6 is 0 Å². The van der Waals surface area contributed by atoms with Crippen molar-refractivity contribution in [3.05, 3.63) is 53.7 Å². The fraction of sp³-hybridized carbons (Fsp3) is 0.350. The Balaban J connectivity index is 1.70. The average Bonchev–Trinajstić information content (AvgIpc) is 2.73. The first-order valence-corrected chi connectivity index (χ1v) is 9.04. The molecular formula is C20H24N4O3. The molecule has 0 atom stereocenters. The molecule has 0 aliphatic carbocycles. The van der Waals surface area contributed by atoms with E-state index in [2.05, 4.69) is 22.1 Å². The third-order valence-electron chi connectivity index (χ3n) is 4.67. The Kier molecular flexibility index (Phi) is 6.03. The van der Waals surface area contributed by atoms with Gasteiger partial charge < -0.3 is 19.9 Å². The lowest BCUT2D eigenvalue weighted by Gasteiger charge is -2.34. The topological polar surface area (TPSA) is 74.8 Å². The van der Waals surface area contributed by atoms with Gasteiger partial charge in [-0.15, -0.1) is 0 Å². The summed E-state index contributed by atoms with van der Waals surface area (Å²) < 4.78 is 4.74. The summed E-state index contributed by atoms with van der Waals surface area (Å²) in [5, 5.41) is 3.14. The van der Waals surface area contributed by atoms with Crippen molar-refractivity contribution >= 4 is 23.4 Å². The number of nitrogens with one attached hydrogen (secondary N) is 1. The molecule has 1 saturated heterocycles. The molecule has 7 heteroatoms. The molecule has 7 nitrogen and oxygen atoms in total. The molecule has 2 aromatic rings. The molecule has 0 radical (unpaired) electrons. The fourth-order valence-electron chi connectivity index (χ4n) is 3.07. The number of esters is 1. The van der Waals surface area contributed by atoms with Crippen LogP contribution in [0.3, 0.4) is 0 Å². The van der Waals surface area contributed by atoms with Crippen LogP contribution in [0, 0.1) is 0 Å². The molecule has 1 aliphatic rings. The lowest BCUT2D eigenvalue weighted by atomic mass is 10.2. The molecule has 1 aromatic heterocycles. The Bertz CT molecular complexity index is 816. The van der Waals surface area contributed by atoms with Gasteiger partial charge in [0.2, 0.25) is 0 Å². The number of hydrogen-bond acceptors (Lipinski definition) is 6. The van der Waals surface area contributed by atoms with E-state index < -0.39 is 5.97 Å². The van der Waals surface area contributed by atoms with Gasteiger partial charge in [-0.1, -0.05) is 13.0 Å². The smallest absolute Gasteiger partial charge is 0.337 e. The van der Waals surface area contributed by atoms with Gasteiger partial charge in [-0.25, -0.2) is 9.78 Å². The monoisotopic (exact) mass is 368 g/mol. The standard InChI is InChI=1S/C20H24N4O3/c1-3-23-9-11-24(12-10-23)19(25)15-7-8-21-18(14-15)22-17-6-4-5-16(13-17)20(26)27-2/h4-8,13-14H,3,9-12H2,1-2H3,(H,21,22). The predicted octanol–water partition coefficient (Wildman–Crippen LogP) is 2.39. The zero-order chi connectivity index (χ0) is 19.2. The highest BCUT2D eigenvalue weighted by atomic mass is 16.5. The molecule has 0 bridgehead atoms. The highest BCUT2D eigenvalue weighted by molar-refractivity contribution is 5.95. The van der Waals surface area contributed by atoms with Crippen LogP contribution in [0.5, 0.6) is 0 Å². The number of pyridine rings is 1. The third kappa shape index (κ3) is 4.62. The van der Waals surface area contributed by atoms with Gasteiger partial charge in [0, 0.05) is 43.6 Å². The molecule has 1 aliphatic heterocycles. The Morgan fingerprint density at radius 3 is 2.59 bits per heavy atom. The van der Waals surface area contributed by atoms with Crippen molar-refractivity contribution in [2.24, 2.45) is 0 Å². The van der Waals surface area contributed by atoms with Crippen molar-refractivity contribution in [1.29, 1.82) is 0 Å². The van der Waals surface area contributed by atoms with Crippen LogP contribution in [0.4, 0.5) is 11.5 Å². The number of methoxy groups -OCH3 is 1. The number of anilines is 2. The maximum atomic E-state index is 12.8. The largest absolute Gasteiger partial charge is 0.465 e. The van der Waals surface area contributed by atoms with Crippen LogP contribution in [-0.2, 0) is 4.74 Å². The van der Waals surface area contributed by atoms with Crippen molar-refractivity contribution in [2.45, 2.75) is 6.92 Å². The number of carbonyl (C=O) groups excluding carboxylic acids is 2. The summed E-state index contributed by atoms with van der Waals surface area (Å²) in [6, 6.07) is 10.4. The molecule has 1 N–H and O–H groups in total. The van der Waals surface area contributed by atoms with Gasteiger partial charge in [-0.05, 0) is 36.9 Å². The zero-order valence-electron chi connectivity index (χ0n) is 15.6. The lowest BCUT2D eigenvalue weighted by Crippen LogP contribution is -2.48. The average molecular weight is 368 g/mol. The third-order valence-corrected chi connectivity index (χ3v) is 4.67. The first-order valence-electron chi connectivity index (χ1n) is 9.04. The predicted molar refractivity (Wildman–Crippen MR) is 103 cm³/mol. The Labute approximate surface area is 158 Å². The van der Waals surface area contributed by atoms with Gasteiger partial charge in [-0.2, -0.15) is 0 Å². The molecule has 1 amide bonds. The van der Waals surface area contributed by atoms with Gasteiger partial charge in [0.25, 0.3) is 5.91 Å². The summed E-state index contributed by atoms with van der Waals surface area (Å²) in [4.78, 5) is 32.9. The van der Waals surface area contributed by atoms with E-state index in [0.717, 1.165) is 32.7 Å².